The summed E-state index contributed by atoms with van der Waals surface area (Å²) in [5, 5.41) is 2.90. The molecule has 5 nitrogen and oxygen atoms in total. The second-order valence-electron chi connectivity index (χ2n) is 6.42. The standard InChI is InChI=1S/C18H28N2O3/c1-14-8-9-16(17(12-14)22-11-10-20(2)3)19-18(21)13-23-15-6-4-5-7-15/h8-9,12,15H,4-7,10-11,13H2,1-3H3,(H,19,21). The Bertz CT molecular complexity index is 511. The maximum absolute atomic E-state index is 12.1. The maximum atomic E-state index is 12.1. The van der Waals surface area contributed by atoms with Crippen LogP contribution < -0.4 is 10.1 Å². The Morgan fingerprint density at radius 3 is 2.74 bits per heavy atom. The largest absolute Gasteiger partial charge is 0.490 e. The molecular weight excluding hydrogens is 292 g/mol. The Hall–Kier alpha value is -1.59. The SMILES string of the molecule is Cc1ccc(NC(=O)COC2CCCC2)c(OCCN(C)C)c1. The Balaban J connectivity index is 1.88. The molecule has 0 aromatic heterocycles. The molecule has 2 rings (SSSR count). The highest BCUT2D eigenvalue weighted by Crippen LogP contribution is 2.26. The molecular formula is C18H28N2O3. The zero-order valence-corrected chi connectivity index (χ0v) is 14.4. The lowest BCUT2D eigenvalue weighted by atomic mass is 10.2. The summed E-state index contributed by atoms with van der Waals surface area (Å²) in [7, 11) is 4.01. The van der Waals surface area contributed by atoms with Gasteiger partial charge in [0.2, 0.25) is 5.91 Å². The Kier molecular flexibility index (Phi) is 6.86. The summed E-state index contributed by atoms with van der Waals surface area (Å²) in [6, 6.07) is 5.79. The lowest BCUT2D eigenvalue weighted by Gasteiger charge is -2.16. The molecule has 1 aliphatic carbocycles. The molecule has 0 atom stereocenters. The summed E-state index contributed by atoms with van der Waals surface area (Å²) in [6.45, 7) is 3.52. The van der Waals surface area contributed by atoms with E-state index in [9.17, 15) is 4.79 Å². The zero-order valence-electron chi connectivity index (χ0n) is 14.4. The molecule has 0 spiro atoms. The third kappa shape index (κ3) is 6.20. The van der Waals surface area contributed by atoms with Gasteiger partial charge in [-0.2, -0.15) is 0 Å². The van der Waals surface area contributed by atoms with E-state index in [0.29, 0.717) is 18.0 Å². The van der Waals surface area contributed by atoms with Crippen molar-refractivity contribution in [3.63, 3.8) is 0 Å². The van der Waals surface area contributed by atoms with Gasteiger partial charge in [-0.3, -0.25) is 4.79 Å². The first-order valence-electron chi connectivity index (χ1n) is 8.34. The van der Waals surface area contributed by atoms with E-state index in [0.717, 1.165) is 24.9 Å². The maximum Gasteiger partial charge on any atom is 0.250 e. The number of rotatable bonds is 8. The highest BCUT2D eigenvalue weighted by atomic mass is 16.5. The summed E-state index contributed by atoms with van der Waals surface area (Å²) in [6.07, 6.45) is 4.78. The first-order chi connectivity index (χ1) is 11.0. The molecule has 0 heterocycles. The normalized spacial score (nSPS) is 15.1. The number of hydrogen-bond acceptors (Lipinski definition) is 4. The van der Waals surface area contributed by atoms with Gasteiger partial charge < -0.3 is 19.7 Å². The summed E-state index contributed by atoms with van der Waals surface area (Å²) in [5.74, 6) is 0.583. The first-order valence-corrected chi connectivity index (χ1v) is 8.34. The van der Waals surface area contributed by atoms with Gasteiger partial charge in [0.25, 0.3) is 0 Å². The third-order valence-electron chi connectivity index (χ3n) is 3.96. The minimum absolute atomic E-state index is 0.107. The number of nitrogens with one attached hydrogen (secondary N) is 1. The Labute approximate surface area is 139 Å². The number of nitrogens with zero attached hydrogens (tertiary/aromatic N) is 1. The number of amides is 1. The number of likely N-dealkylation sites (N-methyl/N-ethyl adjacent to an activating group) is 1. The van der Waals surface area contributed by atoms with Crippen LogP contribution in [0, 0.1) is 6.92 Å². The molecule has 0 radical (unpaired) electrons. The van der Waals surface area contributed by atoms with Crippen molar-refractivity contribution in [2.75, 3.05) is 39.2 Å². The van der Waals surface area contributed by atoms with Gasteiger partial charge in [-0.25, -0.2) is 0 Å². The van der Waals surface area contributed by atoms with E-state index < -0.39 is 0 Å². The van der Waals surface area contributed by atoms with E-state index in [1.54, 1.807) is 0 Å². The van der Waals surface area contributed by atoms with Crippen LogP contribution in [0.25, 0.3) is 0 Å². The van der Waals surface area contributed by atoms with E-state index >= 15 is 0 Å². The van der Waals surface area contributed by atoms with Crippen LogP contribution in [-0.4, -0.2) is 50.8 Å². The topological polar surface area (TPSA) is 50.8 Å². The third-order valence-corrected chi connectivity index (χ3v) is 3.96. The van der Waals surface area contributed by atoms with Crippen LogP contribution in [0.15, 0.2) is 18.2 Å². The van der Waals surface area contributed by atoms with Crippen LogP contribution in [0.1, 0.15) is 31.2 Å². The number of anilines is 1. The van der Waals surface area contributed by atoms with Crippen LogP contribution in [0.5, 0.6) is 5.75 Å². The van der Waals surface area contributed by atoms with E-state index in [1.165, 1.54) is 12.8 Å². The number of ether oxygens (including phenoxy) is 2. The van der Waals surface area contributed by atoms with Gasteiger partial charge in [-0.1, -0.05) is 18.9 Å². The van der Waals surface area contributed by atoms with Gasteiger partial charge in [0.05, 0.1) is 11.8 Å². The zero-order chi connectivity index (χ0) is 16.7. The molecule has 1 amide bonds. The van der Waals surface area contributed by atoms with Gasteiger partial charge in [-0.15, -0.1) is 0 Å². The monoisotopic (exact) mass is 320 g/mol. The van der Waals surface area contributed by atoms with Gasteiger partial charge in [0.15, 0.2) is 0 Å². The second-order valence-corrected chi connectivity index (χ2v) is 6.42. The summed E-state index contributed by atoms with van der Waals surface area (Å²) >= 11 is 0. The van der Waals surface area contributed by atoms with Crippen molar-refractivity contribution in [2.45, 2.75) is 38.7 Å². The number of benzene rings is 1. The molecule has 0 bridgehead atoms. The molecule has 128 valence electrons. The smallest absolute Gasteiger partial charge is 0.250 e. The molecule has 1 aromatic rings. The molecule has 1 fully saturated rings. The fourth-order valence-electron chi connectivity index (χ4n) is 2.63. The number of carbonyl (C=O) groups is 1. The van der Waals surface area contributed by atoms with Crippen molar-refractivity contribution in [1.82, 2.24) is 4.90 Å². The second kappa shape index (κ2) is 8.89. The van der Waals surface area contributed by atoms with Crippen LogP contribution in [0.2, 0.25) is 0 Å². The van der Waals surface area contributed by atoms with E-state index in [1.807, 2.05) is 39.2 Å². The van der Waals surface area contributed by atoms with E-state index in [4.69, 9.17) is 9.47 Å². The fraction of sp³-hybridized carbons (Fsp3) is 0.611. The highest BCUT2D eigenvalue weighted by Gasteiger charge is 2.17. The van der Waals surface area contributed by atoms with Gasteiger partial charge >= 0.3 is 0 Å². The minimum Gasteiger partial charge on any atom is -0.490 e. The van der Waals surface area contributed by atoms with Crippen molar-refractivity contribution in [3.05, 3.63) is 23.8 Å². The molecule has 0 aliphatic heterocycles. The Morgan fingerprint density at radius 2 is 2.04 bits per heavy atom. The van der Waals surface area contributed by atoms with Crippen molar-refractivity contribution in [3.8, 4) is 5.75 Å². The number of hydrogen-bond donors (Lipinski definition) is 1. The van der Waals surface area contributed by atoms with Crippen molar-refractivity contribution in [2.24, 2.45) is 0 Å². The number of aryl methyl sites for hydroxylation is 1. The molecule has 0 unspecified atom stereocenters. The molecule has 1 saturated carbocycles. The highest BCUT2D eigenvalue weighted by molar-refractivity contribution is 5.93. The fourth-order valence-corrected chi connectivity index (χ4v) is 2.63. The molecule has 1 aromatic carbocycles. The van der Waals surface area contributed by atoms with Crippen molar-refractivity contribution in [1.29, 1.82) is 0 Å². The van der Waals surface area contributed by atoms with Gasteiger partial charge in [0.1, 0.15) is 19.0 Å². The summed E-state index contributed by atoms with van der Waals surface area (Å²) in [5.41, 5.74) is 1.81. The Morgan fingerprint density at radius 1 is 1.30 bits per heavy atom. The summed E-state index contributed by atoms with van der Waals surface area (Å²) in [4.78, 5) is 14.1. The van der Waals surface area contributed by atoms with E-state index in [2.05, 4.69) is 10.2 Å². The van der Waals surface area contributed by atoms with Crippen LogP contribution in [0.3, 0.4) is 0 Å². The lowest BCUT2D eigenvalue weighted by Crippen LogP contribution is -2.23. The number of carbonyl (C=O) groups excluding carboxylic acids is 1. The van der Waals surface area contributed by atoms with Crippen LogP contribution >= 0.6 is 0 Å². The average molecular weight is 320 g/mol. The predicted molar refractivity (Wildman–Crippen MR) is 92.1 cm³/mol. The molecule has 0 saturated heterocycles. The summed E-state index contributed by atoms with van der Waals surface area (Å²) < 4.78 is 11.5. The van der Waals surface area contributed by atoms with Gasteiger partial charge in [0, 0.05) is 6.54 Å². The minimum atomic E-state index is -0.127. The van der Waals surface area contributed by atoms with Crippen LogP contribution in [0.4, 0.5) is 5.69 Å². The quantitative estimate of drug-likeness (QED) is 0.800. The lowest BCUT2D eigenvalue weighted by molar-refractivity contribution is -0.122. The van der Waals surface area contributed by atoms with Gasteiger partial charge in [-0.05, 0) is 51.6 Å². The van der Waals surface area contributed by atoms with E-state index in [-0.39, 0.29) is 18.6 Å². The van der Waals surface area contributed by atoms with Crippen LogP contribution in [-0.2, 0) is 9.53 Å². The van der Waals surface area contributed by atoms with Crippen molar-refractivity contribution >= 4 is 11.6 Å². The van der Waals surface area contributed by atoms with Crippen molar-refractivity contribution < 1.29 is 14.3 Å². The first kappa shape index (κ1) is 17.8. The molecule has 1 N–H and O–H groups in total. The average Bonchev–Trinajstić information content (AvgIpc) is 3.01. The predicted octanol–water partition coefficient (Wildman–Crippen LogP) is 2.83. The molecule has 1 aliphatic rings. The molecule has 5 heteroatoms. The molecule has 23 heavy (non-hydrogen) atoms.